The van der Waals surface area contributed by atoms with Gasteiger partial charge in [-0.1, -0.05) is 36.3 Å². The van der Waals surface area contributed by atoms with Gasteiger partial charge in [-0.25, -0.2) is 13.2 Å². The van der Waals surface area contributed by atoms with Gasteiger partial charge in [-0.15, -0.1) is 0 Å². The van der Waals surface area contributed by atoms with Gasteiger partial charge >= 0.3 is 5.97 Å². The first-order valence-electron chi connectivity index (χ1n) is 7.54. The molecule has 1 aromatic rings. The van der Waals surface area contributed by atoms with Gasteiger partial charge in [-0.2, -0.15) is 0 Å². The zero-order valence-electron chi connectivity index (χ0n) is 13.7. The first kappa shape index (κ1) is 16.0. The summed E-state index contributed by atoms with van der Waals surface area (Å²) in [7, 11) is -3.76. The van der Waals surface area contributed by atoms with Crippen LogP contribution in [0.25, 0.3) is 0 Å². The third kappa shape index (κ3) is 2.26. The zero-order chi connectivity index (χ0) is 17.2. The van der Waals surface area contributed by atoms with Gasteiger partial charge in [-0.3, -0.25) is 0 Å². The number of allylic oxidation sites excluding steroid dienone is 3. The van der Waals surface area contributed by atoms with Crippen LogP contribution in [0.3, 0.4) is 0 Å². The van der Waals surface area contributed by atoms with Gasteiger partial charge in [0, 0.05) is 5.41 Å². The normalized spacial score (nSPS) is 28.3. The molecule has 0 bridgehead atoms. The summed E-state index contributed by atoms with van der Waals surface area (Å²) >= 11 is 0. The Kier molecular flexibility index (Phi) is 3.34. The van der Waals surface area contributed by atoms with Crippen molar-refractivity contribution in [3.63, 3.8) is 0 Å². The Hall–Kier alpha value is -1.88. The summed E-state index contributed by atoms with van der Waals surface area (Å²) in [5.74, 6) is -1.16. The fraction of sp³-hybridized carbons (Fsp3) is 0.389. The highest BCUT2D eigenvalue weighted by atomic mass is 32.2. The van der Waals surface area contributed by atoms with Crippen LogP contribution in [-0.4, -0.2) is 24.7 Å². The van der Waals surface area contributed by atoms with E-state index in [-0.39, 0.29) is 5.57 Å². The molecule has 1 aliphatic heterocycles. The van der Waals surface area contributed by atoms with E-state index in [1.165, 1.54) is 6.08 Å². The van der Waals surface area contributed by atoms with Crippen LogP contribution >= 0.6 is 0 Å². The van der Waals surface area contributed by atoms with Gasteiger partial charge in [0.1, 0.15) is 5.25 Å². The van der Waals surface area contributed by atoms with E-state index in [0.29, 0.717) is 16.9 Å². The molecule has 4 nitrogen and oxygen atoms in total. The maximum atomic E-state index is 13.3. The summed E-state index contributed by atoms with van der Waals surface area (Å²) in [6.45, 7) is 7.38. The van der Waals surface area contributed by atoms with Crippen molar-refractivity contribution in [1.82, 2.24) is 0 Å². The predicted molar refractivity (Wildman–Crippen MR) is 88.2 cm³/mol. The first-order valence-corrected chi connectivity index (χ1v) is 9.09. The fourth-order valence-corrected chi connectivity index (χ4v) is 6.87. The van der Waals surface area contributed by atoms with E-state index in [4.69, 9.17) is 0 Å². The number of aryl methyl sites for hydroxylation is 2. The van der Waals surface area contributed by atoms with E-state index in [9.17, 15) is 18.3 Å². The number of carboxylic acid groups (broad SMARTS) is 1. The van der Waals surface area contributed by atoms with Crippen LogP contribution in [0.1, 0.15) is 30.5 Å². The van der Waals surface area contributed by atoms with E-state index >= 15 is 0 Å². The largest absolute Gasteiger partial charge is 0.478 e. The minimum atomic E-state index is -3.76. The number of fused-ring (bicyclic) bond motifs is 2. The lowest BCUT2D eigenvalue weighted by atomic mass is 9.72. The average molecular weight is 332 g/mol. The number of benzene rings is 1. The maximum absolute atomic E-state index is 13.3. The van der Waals surface area contributed by atoms with E-state index in [0.717, 1.165) is 16.7 Å². The minimum absolute atomic E-state index is 0.0295. The van der Waals surface area contributed by atoms with E-state index in [1.54, 1.807) is 6.92 Å². The molecule has 1 aliphatic carbocycles. The van der Waals surface area contributed by atoms with Crippen LogP contribution in [-0.2, 0) is 21.1 Å². The molecule has 0 spiro atoms. The molecule has 1 heterocycles. The van der Waals surface area contributed by atoms with E-state index in [2.05, 4.69) is 0 Å². The van der Waals surface area contributed by atoms with Crippen LogP contribution in [0.2, 0.25) is 0 Å². The van der Waals surface area contributed by atoms with Crippen molar-refractivity contribution >= 4 is 15.8 Å². The number of hydrogen-bond acceptors (Lipinski definition) is 3. The van der Waals surface area contributed by atoms with Crippen LogP contribution in [0.4, 0.5) is 0 Å². The number of sulfone groups is 1. The standard InChI is InChI=1S/C18H20O4S/c1-10-5-12(3)15-13(6-10)9-18(4)8-11(2)7-14(17(19)20)16(18)23(15,21)22/h5-8,16H,9H2,1-4H3,(H,19,20)/t16-,18-/m0/s1. The number of rotatable bonds is 1. The lowest BCUT2D eigenvalue weighted by Crippen LogP contribution is -2.47. The molecule has 0 saturated heterocycles. The van der Waals surface area contributed by atoms with Crippen molar-refractivity contribution in [3.8, 4) is 0 Å². The molecule has 3 rings (SSSR count). The molecule has 122 valence electrons. The molecule has 1 N–H and O–H groups in total. The van der Waals surface area contributed by atoms with Gasteiger partial charge in [0.15, 0.2) is 9.84 Å². The molecule has 5 heteroatoms. The SMILES string of the molecule is CC1=C[C@@]2(C)Cc3cc(C)cc(C)c3S(=O)(=O)[C@H]2C(C(=O)O)=C1. The molecule has 1 aromatic carbocycles. The second-order valence-corrected chi connectivity index (χ2v) is 8.94. The summed E-state index contributed by atoms with van der Waals surface area (Å²) < 4.78 is 26.5. The summed E-state index contributed by atoms with van der Waals surface area (Å²) in [5, 5.41) is 8.51. The maximum Gasteiger partial charge on any atom is 0.332 e. The van der Waals surface area contributed by atoms with Crippen LogP contribution < -0.4 is 0 Å². The topological polar surface area (TPSA) is 71.4 Å². The summed E-state index contributed by atoms with van der Waals surface area (Å²) in [4.78, 5) is 12.0. The van der Waals surface area contributed by atoms with Crippen molar-refractivity contribution in [2.45, 2.75) is 44.3 Å². The highest BCUT2D eigenvalue weighted by Gasteiger charge is 2.52. The summed E-state index contributed by atoms with van der Waals surface area (Å²) in [6, 6.07) is 3.75. The van der Waals surface area contributed by atoms with Gasteiger partial charge in [0.2, 0.25) is 0 Å². The molecule has 0 aromatic heterocycles. The lowest BCUT2D eigenvalue weighted by Gasteiger charge is -2.42. The molecule has 0 radical (unpaired) electrons. The second-order valence-electron chi connectivity index (χ2n) is 6.97. The Balaban J connectivity index is 2.36. The van der Waals surface area contributed by atoms with Crippen molar-refractivity contribution < 1.29 is 18.3 Å². The first-order chi connectivity index (χ1) is 10.6. The van der Waals surface area contributed by atoms with Gasteiger partial charge in [0.25, 0.3) is 0 Å². The molecular formula is C18H20O4S. The average Bonchev–Trinajstić information content (AvgIpc) is 2.33. The summed E-state index contributed by atoms with van der Waals surface area (Å²) in [5.41, 5.74) is 2.53. The number of carbonyl (C=O) groups is 1. The third-order valence-corrected chi connectivity index (χ3v) is 7.30. The van der Waals surface area contributed by atoms with Gasteiger partial charge in [0.05, 0.1) is 10.5 Å². The Bertz CT molecular complexity index is 890. The van der Waals surface area contributed by atoms with Crippen LogP contribution in [0.5, 0.6) is 0 Å². The van der Waals surface area contributed by atoms with Crippen LogP contribution in [0, 0.1) is 19.3 Å². The monoisotopic (exact) mass is 332 g/mol. The molecular weight excluding hydrogens is 312 g/mol. The molecule has 2 aliphatic rings. The number of hydrogen-bond donors (Lipinski definition) is 1. The zero-order valence-corrected chi connectivity index (χ0v) is 14.5. The van der Waals surface area contributed by atoms with E-state index in [1.807, 2.05) is 39.0 Å². The third-order valence-electron chi connectivity index (χ3n) is 4.73. The van der Waals surface area contributed by atoms with Crippen molar-refractivity contribution in [3.05, 3.63) is 52.1 Å². The fourth-order valence-electron chi connectivity index (χ4n) is 4.26. The number of carboxylic acids is 1. The predicted octanol–water partition coefficient (Wildman–Crippen LogP) is 2.98. The molecule has 0 unspecified atom stereocenters. The molecule has 0 saturated carbocycles. The van der Waals surface area contributed by atoms with Crippen molar-refractivity contribution in [1.29, 1.82) is 0 Å². The van der Waals surface area contributed by atoms with Crippen molar-refractivity contribution in [2.75, 3.05) is 0 Å². The molecule has 2 atom stereocenters. The smallest absolute Gasteiger partial charge is 0.332 e. The van der Waals surface area contributed by atoms with Crippen LogP contribution in [0.15, 0.2) is 40.3 Å². The Morgan fingerprint density at radius 1 is 1.26 bits per heavy atom. The Morgan fingerprint density at radius 2 is 1.91 bits per heavy atom. The molecule has 0 fully saturated rings. The Labute approximate surface area is 136 Å². The molecule has 0 amide bonds. The number of aliphatic carboxylic acids is 1. The highest BCUT2D eigenvalue weighted by molar-refractivity contribution is 7.92. The molecule has 23 heavy (non-hydrogen) atoms. The Morgan fingerprint density at radius 3 is 2.52 bits per heavy atom. The van der Waals surface area contributed by atoms with Crippen molar-refractivity contribution in [2.24, 2.45) is 5.41 Å². The van der Waals surface area contributed by atoms with Gasteiger partial charge < -0.3 is 5.11 Å². The summed E-state index contributed by atoms with van der Waals surface area (Å²) in [6.07, 6.45) is 3.92. The minimum Gasteiger partial charge on any atom is -0.478 e. The second kappa shape index (κ2) is 4.81. The highest BCUT2D eigenvalue weighted by Crippen LogP contribution is 2.49. The van der Waals surface area contributed by atoms with Gasteiger partial charge in [-0.05, 0) is 44.4 Å². The lowest BCUT2D eigenvalue weighted by molar-refractivity contribution is -0.133. The van der Waals surface area contributed by atoms with E-state index < -0.39 is 26.5 Å². The quantitative estimate of drug-likeness (QED) is 0.858.